The van der Waals surface area contributed by atoms with Gasteiger partial charge in [0.2, 0.25) is 5.91 Å². The standard InChI is InChI=1S/C21H23N3O4/c1-15(18-5-3-6-19(13-18)24(27)28)22(2)21(26)17-10-8-16(9-11-17)14-23-12-4-7-20(23)25/h3,5-6,8-11,13,15H,4,7,12,14H2,1-2H3. The Kier molecular flexibility index (Phi) is 5.73. The summed E-state index contributed by atoms with van der Waals surface area (Å²) in [6.45, 7) is 3.18. The van der Waals surface area contributed by atoms with Gasteiger partial charge in [0, 0.05) is 44.3 Å². The molecule has 2 amide bonds. The fraction of sp³-hybridized carbons (Fsp3) is 0.333. The maximum atomic E-state index is 12.8. The molecule has 0 N–H and O–H groups in total. The van der Waals surface area contributed by atoms with E-state index in [1.54, 1.807) is 36.2 Å². The molecule has 1 saturated heterocycles. The van der Waals surface area contributed by atoms with Crippen LogP contribution in [0.15, 0.2) is 48.5 Å². The zero-order chi connectivity index (χ0) is 20.3. The van der Waals surface area contributed by atoms with Gasteiger partial charge in [-0.05, 0) is 36.6 Å². The highest BCUT2D eigenvalue weighted by atomic mass is 16.6. The zero-order valence-corrected chi connectivity index (χ0v) is 16.0. The molecule has 1 aliphatic rings. The Hall–Kier alpha value is -3.22. The number of benzene rings is 2. The van der Waals surface area contributed by atoms with Crippen molar-refractivity contribution in [3.05, 3.63) is 75.3 Å². The number of likely N-dealkylation sites (tertiary alicyclic amines) is 1. The van der Waals surface area contributed by atoms with Gasteiger partial charge in [-0.1, -0.05) is 24.3 Å². The van der Waals surface area contributed by atoms with Crippen LogP contribution in [0.2, 0.25) is 0 Å². The minimum atomic E-state index is -0.443. The molecule has 7 nitrogen and oxygen atoms in total. The molecule has 0 saturated carbocycles. The minimum Gasteiger partial charge on any atom is -0.338 e. The predicted molar refractivity (Wildman–Crippen MR) is 105 cm³/mol. The highest BCUT2D eigenvalue weighted by Crippen LogP contribution is 2.24. The van der Waals surface area contributed by atoms with Crippen LogP contribution in [0, 0.1) is 10.1 Å². The summed E-state index contributed by atoms with van der Waals surface area (Å²) in [7, 11) is 1.68. The molecular weight excluding hydrogens is 358 g/mol. The van der Waals surface area contributed by atoms with Crippen molar-refractivity contribution in [2.45, 2.75) is 32.4 Å². The third kappa shape index (κ3) is 4.19. The Morgan fingerprint density at radius 2 is 1.96 bits per heavy atom. The van der Waals surface area contributed by atoms with Gasteiger partial charge in [0.05, 0.1) is 11.0 Å². The third-order valence-corrected chi connectivity index (χ3v) is 5.21. The quantitative estimate of drug-likeness (QED) is 0.566. The number of nitrogens with zero attached hydrogens (tertiary/aromatic N) is 3. The highest BCUT2D eigenvalue weighted by Gasteiger charge is 2.22. The highest BCUT2D eigenvalue weighted by molar-refractivity contribution is 5.94. The fourth-order valence-corrected chi connectivity index (χ4v) is 3.35. The first kappa shape index (κ1) is 19.5. The van der Waals surface area contributed by atoms with Gasteiger partial charge < -0.3 is 9.80 Å². The number of rotatable bonds is 6. The van der Waals surface area contributed by atoms with Crippen molar-refractivity contribution in [3.8, 4) is 0 Å². The van der Waals surface area contributed by atoms with Gasteiger partial charge in [-0.15, -0.1) is 0 Å². The van der Waals surface area contributed by atoms with Crippen LogP contribution in [0.5, 0.6) is 0 Å². The number of carbonyl (C=O) groups is 2. The summed E-state index contributed by atoms with van der Waals surface area (Å²) >= 11 is 0. The van der Waals surface area contributed by atoms with E-state index in [9.17, 15) is 19.7 Å². The molecule has 0 radical (unpaired) electrons. The second kappa shape index (κ2) is 8.21. The molecule has 2 aromatic carbocycles. The van der Waals surface area contributed by atoms with E-state index in [-0.39, 0.29) is 23.5 Å². The Bertz CT molecular complexity index is 895. The summed E-state index contributed by atoms with van der Waals surface area (Å²) < 4.78 is 0. The van der Waals surface area contributed by atoms with Crippen molar-refractivity contribution in [1.82, 2.24) is 9.80 Å². The maximum Gasteiger partial charge on any atom is 0.269 e. The number of nitro groups is 1. The lowest BCUT2D eigenvalue weighted by Crippen LogP contribution is -2.29. The van der Waals surface area contributed by atoms with Gasteiger partial charge >= 0.3 is 0 Å². The van der Waals surface area contributed by atoms with E-state index in [2.05, 4.69) is 0 Å². The summed E-state index contributed by atoms with van der Waals surface area (Å²) in [6.07, 6.45) is 1.51. The van der Waals surface area contributed by atoms with Crippen LogP contribution in [0.3, 0.4) is 0 Å². The lowest BCUT2D eigenvalue weighted by atomic mass is 10.0. The lowest BCUT2D eigenvalue weighted by Gasteiger charge is -2.25. The second-order valence-electron chi connectivity index (χ2n) is 7.06. The van der Waals surface area contributed by atoms with Gasteiger partial charge in [0.25, 0.3) is 11.6 Å². The van der Waals surface area contributed by atoms with Gasteiger partial charge in [-0.2, -0.15) is 0 Å². The zero-order valence-electron chi connectivity index (χ0n) is 16.0. The van der Waals surface area contributed by atoms with E-state index in [0.717, 1.165) is 18.5 Å². The lowest BCUT2D eigenvalue weighted by molar-refractivity contribution is -0.384. The largest absolute Gasteiger partial charge is 0.338 e. The average Bonchev–Trinajstić information content (AvgIpc) is 3.11. The smallest absolute Gasteiger partial charge is 0.269 e. The fourth-order valence-electron chi connectivity index (χ4n) is 3.35. The first-order chi connectivity index (χ1) is 13.4. The van der Waals surface area contributed by atoms with Crippen molar-refractivity contribution < 1.29 is 14.5 Å². The molecule has 3 rings (SSSR count). The topological polar surface area (TPSA) is 83.8 Å². The molecule has 2 aromatic rings. The molecule has 1 atom stereocenters. The Labute approximate surface area is 163 Å². The first-order valence-corrected chi connectivity index (χ1v) is 9.25. The monoisotopic (exact) mass is 381 g/mol. The third-order valence-electron chi connectivity index (χ3n) is 5.21. The SMILES string of the molecule is CC(c1cccc([N+](=O)[O-])c1)N(C)C(=O)c1ccc(CN2CCCC2=O)cc1. The van der Waals surface area contributed by atoms with Gasteiger partial charge in [0.1, 0.15) is 0 Å². The van der Waals surface area contributed by atoms with Crippen molar-refractivity contribution in [2.75, 3.05) is 13.6 Å². The van der Waals surface area contributed by atoms with Crippen LogP contribution >= 0.6 is 0 Å². The second-order valence-corrected chi connectivity index (χ2v) is 7.06. The van der Waals surface area contributed by atoms with Crippen LogP contribution in [0.1, 0.15) is 47.3 Å². The molecule has 0 aromatic heterocycles. The van der Waals surface area contributed by atoms with E-state index in [0.29, 0.717) is 24.1 Å². The van der Waals surface area contributed by atoms with Crippen LogP contribution in [0.25, 0.3) is 0 Å². The Morgan fingerprint density at radius 3 is 2.57 bits per heavy atom. The van der Waals surface area contributed by atoms with E-state index in [1.807, 2.05) is 24.0 Å². The summed E-state index contributed by atoms with van der Waals surface area (Å²) in [5, 5.41) is 11.0. The van der Waals surface area contributed by atoms with E-state index >= 15 is 0 Å². The van der Waals surface area contributed by atoms with Gasteiger partial charge in [0.15, 0.2) is 0 Å². The molecule has 28 heavy (non-hydrogen) atoms. The molecule has 1 fully saturated rings. The van der Waals surface area contributed by atoms with Gasteiger partial charge in [-0.3, -0.25) is 19.7 Å². The molecule has 7 heteroatoms. The molecule has 1 unspecified atom stereocenters. The Morgan fingerprint density at radius 1 is 1.25 bits per heavy atom. The summed E-state index contributed by atoms with van der Waals surface area (Å²) in [6, 6.07) is 13.3. The molecule has 0 bridgehead atoms. The van der Waals surface area contributed by atoms with Gasteiger partial charge in [-0.25, -0.2) is 0 Å². The Balaban J connectivity index is 1.69. The first-order valence-electron chi connectivity index (χ1n) is 9.25. The van der Waals surface area contributed by atoms with Crippen molar-refractivity contribution in [3.63, 3.8) is 0 Å². The van der Waals surface area contributed by atoms with E-state index < -0.39 is 4.92 Å². The van der Waals surface area contributed by atoms with Crippen LogP contribution in [0.4, 0.5) is 5.69 Å². The number of non-ortho nitro benzene ring substituents is 1. The number of carbonyl (C=O) groups excluding carboxylic acids is 2. The predicted octanol–water partition coefficient (Wildman–Crippen LogP) is 3.55. The van der Waals surface area contributed by atoms with Crippen LogP contribution < -0.4 is 0 Å². The van der Waals surface area contributed by atoms with Crippen molar-refractivity contribution in [1.29, 1.82) is 0 Å². The number of hydrogen-bond donors (Lipinski definition) is 0. The number of nitro benzene ring substituents is 1. The van der Waals surface area contributed by atoms with E-state index in [4.69, 9.17) is 0 Å². The maximum absolute atomic E-state index is 12.8. The molecule has 1 heterocycles. The molecular formula is C21H23N3O4. The van der Waals surface area contributed by atoms with E-state index in [1.165, 1.54) is 12.1 Å². The normalized spacial score (nSPS) is 14.8. The molecule has 0 spiro atoms. The molecule has 146 valence electrons. The summed E-state index contributed by atoms with van der Waals surface area (Å²) in [4.78, 5) is 38.5. The average molecular weight is 381 g/mol. The summed E-state index contributed by atoms with van der Waals surface area (Å²) in [5.74, 6) is 0.00784. The van der Waals surface area contributed by atoms with Crippen LogP contribution in [-0.2, 0) is 11.3 Å². The minimum absolute atomic E-state index is 0.00557. The number of amides is 2. The van der Waals surface area contributed by atoms with Crippen molar-refractivity contribution >= 4 is 17.5 Å². The van der Waals surface area contributed by atoms with Crippen LogP contribution in [-0.4, -0.2) is 40.1 Å². The van der Waals surface area contributed by atoms with Crippen molar-refractivity contribution in [2.24, 2.45) is 0 Å². The summed E-state index contributed by atoms with van der Waals surface area (Å²) in [5.41, 5.74) is 2.23. The number of hydrogen-bond acceptors (Lipinski definition) is 4. The molecule has 1 aliphatic heterocycles. The molecule has 0 aliphatic carbocycles.